The molecule has 0 fully saturated rings. The van der Waals surface area contributed by atoms with E-state index in [1.807, 2.05) is 57.2 Å². The molecule has 9 nitrogen and oxygen atoms in total. The summed E-state index contributed by atoms with van der Waals surface area (Å²) in [5, 5.41) is 10.8. The van der Waals surface area contributed by atoms with Gasteiger partial charge >= 0.3 is 6.09 Å². The smallest absolute Gasteiger partial charge is 0.407 e. The average Bonchev–Trinajstić information content (AvgIpc) is 2.74. The van der Waals surface area contributed by atoms with E-state index in [0.29, 0.717) is 12.2 Å². The van der Waals surface area contributed by atoms with Crippen molar-refractivity contribution in [2.45, 2.75) is 60.2 Å². The largest absolute Gasteiger partial charge is 0.445 e. The lowest BCUT2D eigenvalue weighted by atomic mass is 9.97. The van der Waals surface area contributed by atoms with Gasteiger partial charge in [-0.1, -0.05) is 69.3 Å². The Morgan fingerprint density at radius 2 is 1.58 bits per heavy atom. The van der Waals surface area contributed by atoms with E-state index >= 15 is 0 Å². The monoisotopic (exact) mass is 574 g/mol. The lowest BCUT2D eigenvalue weighted by Crippen LogP contribution is -2.53. The molecule has 0 aliphatic rings. The zero-order valence-corrected chi connectivity index (χ0v) is 22.2. The fraction of sp³-hybridized carbons (Fsp3) is 0.565. The molecular formula is C23H35IN4O5. The van der Waals surface area contributed by atoms with E-state index in [9.17, 15) is 19.2 Å². The van der Waals surface area contributed by atoms with Gasteiger partial charge in [0, 0.05) is 12.2 Å². The fourth-order valence-electron chi connectivity index (χ4n) is 2.59. The van der Waals surface area contributed by atoms with Gasteiger partial charge in [0.05, 0.1) is 4.43 Å². The molecule has 0 unspecified atom stereocenters. The molecule has 4 amide bonds. The highest BCUT2D eigenvalue weighted by Gasteiger charge is 2.26. The predicted molar refractivity (Wildman–Crippen MR) is 136 cm³/mol. The third kappa shape index (κ3) is 11.4. The highest BCUT2D eigenvalue weighted by molar-refractivity contribution is 14.1. The number of alkyl halides is 1. The zero-order chi connectivity index (χ0) is 25.2. The molecule has 0 spiro atoms. The van der Waals surface area contributed by atoms with Crippen molar-refractivity contribution >= 4 is 52.1 Å². The summed E-state index contributed by atoms with van der Waals surface area (Å²) in [6.07, 6.45) is -0.485. The number of rotatable bonds is 10. The van der Waals surface area contributed by atoms with Crippen molar-refractivity contribution in [3.05, 3.63) is 29.8 Å². The van der Waals surface area contributed by atoms with Crippen LogP contribution in [0.25, 0.3) is 0 Å². The van der Waals surface area contributed by atoms with Crippen LogP contribution in [0.1, 0.15) is 47.1 Å². The van der Waals surface area contributed by atoms with E-state index < -0.39 is 30.0 Å². The molecule has 0 saturated heterocycles. The van der Waals surface area contributed by atoms with Crippen LogP contribution in [0.3, 0.4) is 0 Å². The molecule has 33 heavy (non-hydrogen) atoms. The van der Waals surface area contributed by atoms with Gasteiger partial charge in [-0.05, 0) is 36.0 Å². The van der Waals surface area contributed by atoms with Crippen molar-refractivity contribution < 1.29 is 23.9 Å². The Hall–Kier alpha value is -2.37. The first-order chi connectivity index (χ1) is 15.3. The minimum absolute atomic E-state index is 0.0334. The molecule has 0 bridgehead atoms. The zero-order valence-electron chi connectivity index (χ0n) is 20.1. The van der Waals surface area contributed by atoms with Gasteiger partial charge in [-0.3, -0.25) is 14.4 Å². The molecule has 10 heteroatoms. The minimum atomic E-state index is -0.801. The molecule has 1 rings (SSSR count). The summed E-state index contributed by atoms with van der Waals surface area (Å²) in [6.45, 7) is 11.9. The van der Waals surface area contributed by atoms with Crippen LogP contribution < -0.4 is 21.3 Å². The molecule has 0 radical (unpaired) electrons. The second-order valence-corrected chi connectivity index (χ2v) is 10.1. The molecule has 4 N–H and O–H groups in total. The van der Waals surface area contributed by atoms with Crippen molar-refractivity contribution in [3.63, 3.8) is 0 Å². The number of ether oxygens (including phenoxy) is 1. The number of carbonyl (C=O) groups excluding carboxylic acids is 4. The van der Waals surface area contributed by atoms with Crippen LogP contribution in [0.4, 0.5) is 10.5 Å². The van der Waals surface area contributed by atoms with Crippen molar-refractivity contribution in [1.29, 1.82) is 0 Å². The lowest BCUT2D eigenvalue weighted by molar-refractivity contribution is -0.131. The van der Waals surface area contributed by atoms with Crippen LogP contribution in [-0.4, -0.2) is 46.9 Å². The highest BCUT2D eigenvalue weighted by atomic mass is 127. The normalized spacial score (nSPS) is 13.0. The van der Waals surface area contributed by atoms with E-state index in [0.717, 1.165) is 5.56 Å². The van der Waals surface area contributed by atoms with E-state index in [4.69, 9.17) is 4.74 Å². The molecule has 0 aliphatic heterocycles. The standard InChI is InChI=1S/C23H35IN4O5/c1-14(2)19(28-18(29)11-24)21(31)26-15(3)20(30)27-17-9-7-16(8-10-17)12-33-22(32)25-13-23(4,5)6/h7-10,14-15,19H,11-13H2,1-6H3,(H,25,32)(H,26,31)(H,27,30)(H,28,29)/t15-,19-/m0/s1. The Morgan fingerprint density at radius 3 is 2.09 bits per heavy atom. The number of anilines is 1. The lowest BCUT2D eigenvalue weighted by Gasteiger charge is -2.23. The second-order valence-electron chi connectivity index (χ2n) is 9.33. The van der Waals surface area contributed by atoms with Crippen molar-refractivity contribution in [3.8, 4) is 0 Å². The maximum atomic E-state index is 12.5. The van der Waals surface area contributed by atoms with E-state index in [1.54, 1.807) is 31.2 Å². The van der Waals surface area contributed by atoms with Gasteiger partial charge in [0.1, 0.15) is 18.7 Å². The number of carbonyl (C=O) groups is 4. The minimum Gasteiger partial charge on any atom is -0.445 e. The molecule has 1 aromatic carbocycles. The van der Waals surface area contributed by atoms with Crippen LogP contribution >= 0.6 is 22.6 Å². The van der Waals surface area contributed by atoms with Crippen LogP contribution in [0, 0.1) is 11.3 Å². The summed E-state index contributed by atoms with van der Waals surface area (Å²) in [6, 6.07) is 5.34. The first-order valence-corrected chi connectivity index (χ1v) is 12.3. The third-order valence-corrected chi connectivity index (χ3v) is 5.19. The van der Waals surface area contributed by atoms with Gasteiger partial charge in [-0.25, -0.2) is 4.79 Å². The van der Waals surface area contributed by atoms with Gasteiger partial charge in [-0.15, -0.1) is 0 Å². The Balaban J connectivity index is 2.56. The summed E-state index contributed by atoms with van der Waals surface area (Å²) in [5.41, 5.74) is 1.28. The third-order valence-electron chi connectivity index (χ3n) is 4.49. The number of amides is 4. The Labute approximate surface area is 209 Å². The molecular weight excluding hydrogens is 539 g/mol. The molecule has 184 valence electrons. The topological polar surface area (TPSA) is 126 Å². The predicted octanol–water partition coefficient (Wildman–Crippen LogP) is 2.98. The maximum Gasteiger partial charge on any atom is 0.407 e. The Morgan fingerprint density at radius 1 is 0.970 bits per heavy atom. The fourth-order valence-corrected chi connectivity index (χ4v) is 2.81. The number of benzene rings is 1. The molecule has 1 aromatic rings. The van der Waals surface area contributed by atoms with Crippen LogP contribution in [0.15, 0.2) is 24.3 Å². The van der Waals surface area contributed by atoms with Crippen molar-refractivity contribution in [2.24, 2.45) is 11.3 Å². The van der Waals surface area contributed by atoms with Crippen molar-refractivity contribution in [2.75, 3.05) is 16.3 Å². The number of alkyl carbamates (subject to hydrolysis) is 1. The van der Waals surface area contributed by atoms with Gasteiger partial charge in [-0.2, -0.15) is 0 Å². The average molecular weight is 574 g/mol. The van der Waals surface area contributed by atoms with Crippen LogP contribution in [0.5, 0.6) is 0 Å². The molecule has 0 aliphatic carbocycles. The van der Waals surface area contributed by atoms with Gasteiger partial charge < -0.3 is 26.0 Å². The molecule has 0 aromatic heterocycles. The first kappa shape index (κ1) is 28.7. The Kier molecular flexibility index (Phi) is 11.6. The van der Waals surface area contributed by atoms with Crippen LogP contribution in [0.2, 0.25) is 0 Å². The molecule has 0 heterocycles. The summed E-state index contributed by atoms with van der Waals surface area (Å²) in [5.74, 6) is -1.17. The number of halogens is 1. The SMILES string of the molecule is CC(C)[C@H](NC(=O)CI)C(=O)N[C@@H](C)C(=O)Nc1ccc(COC(=O)NCC(C)(C)C)cc1. The second kappa shape index (κ2) is 13.4. The van der Waals surface area contributed by atoms with Crippen molar-refractivity contribution in [1.82, 2.24) is 16.0 Å². The summed E-state index contributed by atoms with van der Waals surface area (Å²) in [7, 11) is 0. The van der Waals surface area contributed by atoms with Gasteiger partial charge in [0.15, 0.2) is 0 Å². The van der Waals surface area contributed by atoms with E-state index in [2.05, 4.69) is 21.3 Å². The van der Waals surface area contributed by atoms with E-state index in [1.165, 1.54) is 0 Å². The molecule has 2 atom stereocenters. The highest BCUT2D eigenvalue weighted by Crippen LogP contribution is 2.12. The maximum absolute atomic E-state index is 12.5. The number of nitrogens with one attached hydrogen (secondary N) is 4. The van der Waals surface area contributed by atoms with E-state index in [-0.39, 0.29) is 28.3 Å². The Bertz CT molecular complexity index is 821. The molecule has 0 saturated carbocycles. The van der Waals surface area contributed by atoms with Gasteiger partial charge in [0.2, 0.25) is 17.7 Å². The first-order valence-electron chi connectivity index (χ1n) is 10.8. The van der Waals surface area contributed by atoms with Crippen LogP contribution in [-0.2, 0) is 25.7 Å². The number of hydrogen-bond donors (Lipinski definition) is 4. The summed E-state index contributed by atoms with van der Waals surface area (Å²) in [4.78, 5) is 48.4. The summed E-state index contributed by atoms with van der Waals surface area (Å²) >= 11 is 1.92. The summed E-state index contributed by atoms with van der Waals surface area (Å²) < 4.78 is 5.43. The quantitative estimate of drug-likeness (QED) is 0.253. The van der Waals surface area contributed by atoms with Gasteiger partial charge in [0.25, 0.3) is 0 Å². The number of hydrogen-bond acceptors (Lipinski definition) is 5.